The van der Waals surface area contributed by atoms with Crippen LogP contribution in [0.15, 0.2) is 17.3 Å². The zero-order valence-electron chi connectivity index (χ0n) is 10.2. The average Bonchev–Trinajstić information content (AvgIpc) is 2.38. The SMILES string of the molecule is COC(=O)[C@@H](N)/C=C/CCCNC(=O)CN=[N+]=[N-]. The lowest BCUT2D eigenvalue weighted by Crippen LogP contribution is -2.29. The lowest BCUT2D eigenvalue weighted by Gasteiger charge is -2.03. The molecule has 0 aromatic carbocycles. The maximum Gasteiger partial charge on any atom is 0.326 e. The summed E-state index contributed by atoms with van der Waals surface area (Å²) in [7, 11) is 1.27. The van der Waals surface area contributed by atoms with Crippen molar-refractivity contribution in [3.63, 3.8) is 0 Å². The van der Waals surface area contributed by atoms with Crippen molar-refractivity contribution in [2.45, 2.75) is 18.9 Å². The molecular weight excluding hydrogens is 238 g/mol. The van der Waals surface area contributed by atoms with E-state index in [1.807, 2.05) is 0 Å². The Hall–Kier alpha value is -2.05. The van der Waals surface area contributed by atoms with E-state index in [2.05, 4.69) is 20.1 Å². The van der Waals surface area contributed by atoms with Gasteiger partial charge in [-0.1, -0.05) is 17.3 Å². The fourth-order valence-electron chi connectivity index (χ4n) is 1.06. The summed E-state index contributed by atoms with van der Waals surface area (Å²) < 4.78 is 4.45. The first-order chi connectivity index (χ1) is 8.61. The van der Waals surface area contributed by atoms with Crippen LogP contribution in [-0.4, -0.2) is 38.1 Å². The number of unbranched alkanes of at least 4 members (excludes halogenated alkanes) is 1. The van der Waals surface area contributed by atoms with Crippen molar-refractivity contribution in [1.82, 2.24) is 5.32 Å². The molecule has 8 nitrogen and oxygen atoms in total. The maximum atomic E-state index is 11.0. The molecule has 0 aromatic heterocycles. The minimum atomic E-state index is -0.755. The van der Waals surface area contributed by atoms with Crippen molar-refractivity contribution in [2.24, 2.45) is 10.8 Å². The van der Waals surface area contributed by atoms with Crippen molar-refractivity contribution >= 4 is 11.9 Å². The van der Waals surface area contributed by atoms with Crippen molar-refractivity contribution < 1.29 is 14.3 Å². The number of nitrogens with one attached hydrogen (secondary N) is 1. The van der Waals surface area contributed by atoms with Gasteiger partial charge in [-0.05, 0) is 18.4 Å². The highest BCUT2D eigenvalue weighted by atomic mass is 16.5. The summed E-state index contributed by atoms with van der Waals surface area (Å²) in [6.07, 6.45) is 4.67. The van der Waals surface area contributed by atoms with Gasteiger partial charge in [0.05, 0.1) is 7.11 Å². The molecule has 0 aromatic rings. The summed E-state index contributed by atoms with van der Waals surface area (Å²) >= 11 is 0. The van der Waals surface area contributed by atoms with Gasteiger partial charge in [-0.3, -0.25) is 9.59 Å². The van der Waals surface area contributed by atoms with Gasteiger partial charge in [0.15, 0.2) is 0 Å². The molecule has 0 unspecified atom stereocenters. The number of nitrogens with zero attached hydrogens (tertiary/aromatic N) is 3. The van der Waals surface area contributed by atoms with Gasteiger partial charge in [-0.2, -0.15) is 0 Å². The fraction of sp³-hybridized carbons (Fsp3) is 0.600. The maximum absolute atomic E-state index is 11.0. The minimum Gasteiger partial charge on any atom is -0.468 e. The second-order valence-corrected chi connectivity index (χ2v) is 3.36. The van der Waals surface area contributed by atoms with Gasteiger partial charge in [0.2, 0.25) is 5.91 Å². The number of amides is 1. The molecule has 18 heavy (non-hydrogen) atoms. The molecule has 0 aliphatic rings. The molecule has 0 bridgehead atoms. The predicted octanol–water partition coefficient (Wildman–Crippen LogP) is 0.250. The number of carbonyl (C=O) groups is 2. The average molecular weight is 255 g/mol. The molecule has 1 amide bonds. The van der Waals surface area contributed by atoms with E-state index in [0.29, 0.717) is 19.4 Å². The largest absolute Gasteiger partial charge is 0.468 e. The summed E-state index contributed by atoms with van der Waals surface area (Å²) in [5.74, 6) is -0.808. The number of ether oxygens (including phenoxy) is 1. The zero-order chi connectivity index (χ0) is 13.8. The lowest BCUT2D eigenvalue weighted by atomic mass is 10.2. The van der Waals surface area contributed by atoms with Gasteiger partial charge in [-0.15, -0.1) is 0 Å². The van der Waals surface area contributed by atoms with E-state index in [1.165, 1.54) is 7.11 Å². The molecular formula is C10H17N5O3. The first kappa shape index (κ1) is 16.0. The molecule has 0 fully saturated rings. The first-order valence-electron chi connectivity index (χ1n) is 5.39. The van der Waals surface area contributed by atoms with Gasteiger partial charge in [0, 0.05) is 11.5 Å². The second-order valence-electron chi connectivity index (χ2n) is 3.36. The van der Waals surface area contributed by atoms with Crippen molar-refractivity contribution in [3.8, 4) is 0 Å². The zero-order valence-corrected chi connectivity index (χ0v) is 10.2. The Balaban J connectivity index is 3.62. The Bertz CT molecular complexity index is 349. The molecule has 0 heterocycles. The highest BCUT2D eigenvalue weighted by molar-refractivity contribution is 5.78. The fourth-order valence-corrected chi connectivity index (χ4v) is 1.06. The van der Waals surface area contributed by atoms with Crippen LogP contribution in [0.1, 0.15) is 12.8 Å². The van der Waals surface area contributed by atoms with Gasteiger partial charge >= 0.3 is 5.97 Å². The summed E-state index contributed by atoms with van der Waals surface area (Å²) in [5.41, 5.74) is 13.5. The number of hydrogen-bond donors (Lipinski definition) is 2. The van der Waals surface area contributed by atoms with E-state index >= 15 is 0 Å². The second kappa shape index (κ2) is 10.1. The van der Waals surface area contributed by atoms with Crippen LogP contribution >= 0.6 is 0 Å². The number of esters is 1. The normalized spacial score (nSPS) is 11.7. The molecule has 0 saturated carbocycles. The van der Waals surface area contributed by atoms with Gasteiger partial charge in [-0.25, -0.2) is 0 Å². The van der Waals surface area contributed by atoms with Crippen molar-refractivity contribution in [2.75, 3.05) is 20.2 Å². The molecule has 0 rings (SSSR count). The molecule has 1 atom stereocenters. The number of carbonyl (C=O) groups excluding carboxylic acids is 2. The summed E-state index contributed by atoms with van der Waals surface area (Å²) in [5, 5.41) is 5.70. The Labute approximate surface area is 105 Å². The van der Waals surface area contributed by atoms with Crippen LogP contribution in [0.2, 0.25) is 0 Å². The monoisotopic (exact) mass is 255 g/mol. The third-order valence-electron chi connectivity index (χ3n) is 1.96. The number of rotatable bonds is 8. The highest BCUT2D eigenvalue weighted by Crippen LogP contribution is 1.93. The molecule has 100 valence electrons. The topological polar surface area (TPSA) is 130 Å². The molecule has 8 heteroatoms. The smallest absolute Gasteiger partial charge is 0.326 e. The molecule has 0 spiro atoms. The third kappa shape index (κ3) is 8.14. The summed E-state index contributed by atoms with van der Waals surface area (Å²) in [4.78, 5) is 24.4. The highest BCUT2D eigenvalue weighted by Gasteiger charge is 2.08. The van der Waals surface area contributed by atoms with Crippen LogP contribution in [0, 0.1) is 0 Å². The molecule has 0 aliphatic carbocycles. The van der Waals surface area contributed by atoms with Gasteiger partial charge in [0.1, 0.15) is 12.6 Å². The summed E-state index contributed by atoms with van der Waals surface area (Å²) in [6.45, 7) is 0.275. The van der Waals surface area contributed by atoms with Crippen molar-refractivity contribution in [3.05, 3.63) is 22.6 Å². The van der Waals surface area contributed by atoms with Crippen LogP contribution in [0.4, 0.5) is 0 Å². The number of methoxy groups -OCH3 is 1. The third-order valence-corrected chi connectivity index (χ3v) is 1.96. The van der Waals surface area contributed by atoms with E-state index in [-0.39, 0.29) is 12.5 Å². The van der Waals surface area contributed by atoms with Crippen LogP contribution in [0.3, 0.4) is 0 Å². The summed E-state index contributed by atoms with van der Waals surface area (Å²) in [6, 6.07) is -0.755. The number of allylic oxidation sites excluding steroid dienone is 1. The molecule has 3 N–H and O–H groups in total. The number of nitrogens with two attached hydrogens (primary N) is 1. The number of hydrogen-bond acceptors (Lipinski definition) is 5. The van der Waals surface area contributed by atoms with Crippen LogP contribution in [-0.2, 0) is 14.3 Å². The Morgan fingerprint density at radius 3 is 2.94 bits per heavy atom. The molecule has 0 radical (unpaired) electrons. The molecule has 0 aliphatic heterocycles. The van der Waals surface area contributed by atoms with Gasteiger partial charge in [0.25, 0.3) is 0 Å². The van der Waals surface area contributed by atoms with E-state index in [1.54, 1.807) is 12.2 Å². The van der Waals surface area contributed by atoms with Crippen LogP contribution in [0.25, 0.3) is 10.4 Å². The predicted molar refractivity (Wildman–Crippen MR) is 65.4 cm³/mol. The Morgan fingerprint density at radius 2 is 2.33 bits per heavy atom. The minimum absolute atomic E-state index is 0.195. The van der Waals surface area contributed by atoms with Crippen LogP contribution in [0.5, 0.6) is 0 Å². The molecule has 0 saturated heterocycles. The van der Waals surface area contributed by atoms with E-state index in [9.17, 15) is 9.59 Å². The van der Waals surface area contributed by atoms with E-state index < -0.39 is 12.0 Å². The van der Waals surface area contributed by atoms with Crippen LogP contribution < -0.4 is 11.1 Å². The lowest BCUT2D eigenvalue weighted by molar-refractivity contribution is -0.140. The van der Waals surface area contributed by atoms with Crippen molar-refractivity contribution in [1.29, 1.82) is 0 Å². The van der Waals surface area contributed by atoms with E-state index in [0.717, 1.165) is 0 Å². The first-order valence-corrected chi connectivity index (χ1v) is 5.39. The number of azide groups is 1. The standard InChI is InChI=1S/C10H17N5O3/c1-18-10(17)8(11)5-3-2-4-6-13-9(16)7-14-15-12/h3,5,8H,2,4,6-7,11H2,1H3,(H,13,16)/b5-3+/t8-/m0/s1. The Morgan fingerprint density at radius 1 is 1.61 bits per heavy atom. The Kier molecular flexibility index (Phi) is 8.97. The van der Waals surface area contributed by atoms with Gasteiger partial charge < -0.3 is 15.8 Å². The van der Waals surface area contributed by atoms with E-state index in [4.69, 9.17) is 11.3 Å². The quantitative estimate of drug-likeness (QED) is 0.161.